The fourth-order valence-corrected chi connectivity index (χ4v) is 5.44. The molecular weight excluding hydrogens is 472 g/mol. The maximum atomic E-state index is 11.4. The molecule has 0 radical (unpaired) electrons. The van der Waals surface area contributed by atoms with E-state index in [2.05, 4.69) is 64.0 Å². The molecule has 8 heteroatoms. The molecule has 1 fully saturated rings. The van der Waals surface area contributed by atoms with Gasteiger partial charge in [0.05, 0.1) is 12.3 Å². The standard InChI is InChI=1S/C28H36N4O3S/c1-4-17-32-18-9-8-14-25(32)27(22-11-6-5-7-12-22)31-24-20-21(2)30-28-23(24)13-10-15-26(28)35-19-16-29-36(3,33)34/h4-7,10-13,15,20,25,27,29H,1,8-9,14,16-19H2,2-3H3,(H,30,31)/t25?,27-/m0/s1. The molecule has 2 atom stereocenters. The van der Waals surface area contributed by atoms with Crippen LogP contribution in [-0.2, 0) is 10.0 Å². The van der Waals surface area contributed by atoms with E-state index in [9.17, 15) is 8.42 Å². The Morgan fingerprint density at radius 3 is 2.75 bits per heavy atom. The van der Waals surface area contributed by atoms with Gasteiger partial charge in [-0.05, 0) is 44.0 Å². The number of rotatable bonds is 11. The van der Waals surface area contributed by atoms with Crippen LogP contribution in [-0.4, -0.2) is 56.8 Å². The van der Waals surface area contributed by atoms with Gasteiger partial charge in [-0.15, -0.1) is 6.58 Å². The third-order valence-corrected chi connectivity index (χ3v) is 7.27. The van der Waals surface area contributed by atoms with Gasteiger partial charge in [-0.25, -0.2) is 18.1 Å². The van der Waals surface area contributed by atoms with Crippen LogP contribution < -0.4 is 14.8 Å². The molecule has 0 bridgehead atoms. The van der Waals surface area contributed by atoms with Gasteiger partial charge < -0.3 is 10.1 Å². The van der Waals surface area contributed by atoms with Gasteiger partial charge in [0.25, 0.3) is 0 Å². The number of benzene rings is 2. The molecule has 2 aromatic carbocycles. The van der Waals surface area contributed by atoms with E-state index < -0.39 is 10.0 Å². The number of likely N-dealkylation sites (tertiary alicyclic amines) is 1. The quantitative estimate of drug-likeness (QED) is 0.289. The van der Waals surface area contributed by atoms with Crippen molar-refractivity contribution in [2.45, 2.75) is 38.3 Å². The summed E-state index contributed by atoms with van der Waals surface area (Å²) in [5.74, 6) is 0.636. The van der Waals surface area contributed by atoms with Crippen molar-refractivity contribution in [1.29, 1.82) is 0 Å². The number of para-hydroxylation sites is 1. The first-order valence-corrected chi connectivity index (χ1v) is 14.4. The van der Waals surface area contributed by atoms with Crippen molar-refractivity contribution in [3.05, 3.63) is 78.5 Å². The summed E-state index contributed by atoms with van der Waals surface area (Å²) in [4.78, 5) is 7.30. The molecule has 3 aromatic rings. The van der Waals surface area contributed by atoms with Gasteiger partial charge in [0, 0.05) is 35.9 Å². The van der Waals surface area contributed by atoms with Crippen molar-refractivity contribution in [1.82, 2.24) is 14.6 Å². The highest BCUT2D eigenvalue weighted by atomic mass is 32.2. The highest BCUT2D eigenvalue weighted by molar-refractivity contribution is 7.88. The van der Waals surface area contributed by atoms with Gasteiger partial charge in [0.15, 0.2) is 0 Å². The van der Waals surface area contributed by atoms with Crippen LogP contribution >= 0.6 is 0 Å². The van der Waals surface area contributed by atoms with Gasteiger partial charge >= 0.3 is 0 Å². The summed E-state index contributed by atoms with van der Waals surface area (Å²) >= 11 is 0. The number of aromatic nitrogens is 1. The van der Waals surface area contributed by atoms with Crippen LogP contribution in [0.15, 0.2) is 67.3 Å². The molecule has 36 heavy (non-hydrogen) atoms. The second-order valence-corrected chi connectivity index (χ2v) is 11.2. The fourth-order valence-electron chi connectivity index (χ4n) is 4.99. The molecule has 0 amide bonds. The van der Waals surface area contributed by atoms with Crippen LogP contribution in [0.2, 0.25) is 0 Å². The summed E-state index contributed by atoms with van der Waals surface area (Å²) in [6, 6.07) is 19.0. The minimum atomic E-state index is -3.26. The molecule has 1 unspecified atom stereocenters. The van der Waals surface area contributed by atoms with E-state index in [-0.39, 0.29) is 19.2 Å². The van der Waals surface area contributed by atoms with Crippen LogP contribution in [0.5, 0.6) is 5.75 Å². The average molecular weight is 509 g/mol. The van der Waals surface area contributed by atoms with E-state index in [1.807, 2.05) is 25.1 Å². The fraction of sp³-hybridized carbons (Fsp3) is 0.393. The van der Waals surface area contributed by atoms with Crippen LogP contribution in [0.25, 0.3) is 10.9 Å². The van der Waals surface area contributed by atoms with Crippen molar-refractivity contribution in [3.8, 4) is 5.75 Å². The number of aryl methyl sites for hydroxylation is 1. The van der Waals surface area contributed by atoms with Gasteiger partial charge in [0.1, 0.15) is 17.9 Å². The predicted octanol–water partition coefficient (Wildman–Crippen LogP) is 4.66. The first-order valence-electron chi connectivity index (χ1n) is 12.5. The molecule has 4 rings (SSSR count). The van der Waals surface area contributed by atoms with Gasteiger partial charge in [-0.3, -0.25) is 4.90 Å². The number of piperidine rings is 1. The number of nitrogens with zero attached hydrogens (tertiary/aromatic N) is 2. The summed E-state index contributed by atoms with van der Waals surface area (Å²) in [5, 5.41) is 4.86. The smallest absolute Gasteiger partial charge is 0.208 e. The molecule has 0 saturated carbocycles. The van der Waals surface area contributed by atoms with Crippen LogP contribution in [0, 0.1) is 6.92 Å². The zero-order valence-electron chi connectivity index (χ0n) is 21.1. The van der Waals surface area contributed by atoms with E-state index >= 15 is 0 Å². The van der Waals surface area contributed by atoms with E-state index in [0.29, 0.717) is 11.8 Å². The van der Waals surface area contributed by atoms with E-state index in [0.717, 1.165) is 48.1 Å². The molecule has 1 aliphatic rings. The zero-order valence-corrected chi connectivity index (χ0v) is 21.9. The highest BCUT2D eigenvalue weighted by Crippen LogP contribution is 2.36. The van der Waals surface area contributed by atoms with Crippen LogP contribution in [0.3, 0.4) is 0 Å². The summed E-state index contributed by atoms with van der Waals surface area (Å²) in [6.07, 6.45) is 6.66. The first kappa shape index (κ1) is 26.1. The van der Waals surface area contributed by atoms with Crippen molar-refractivity contribution >= 4 is 26.6 Å². The largest absolute Gasteiger partial charge is 0.490 e. The maximum absolute atomic E-state index is 11.4. The van der Waals surface area contributed by atoms with Crippen molar-refractivity contribution < 1.29 is 13.2 Å². The topological polar surface area (TPSA) is 83.6 Å². The molecule has 1 aromatic heterocycles. The van der Waals surface area contributed by atoms with E-state index in [1.165, 1.54) is 18.4 Å². The first-order chi connectivity index (χ1) is 17.4. The number of ether oxygens (including phenoxy) is 1. The minimum Gasteiger partial charge on any atom is -0.490 e. The predicted molar refractivity (Wildman–Crippen MR) is 147 cm³/mol. The second kappa shape index (κ2) is 11.9. The molecule has 0 aliphatic carbocycles. The van der Waals surface area contributed by atoms with Crippen LogP contribution in [0.1, 0.15) is 36.6 Å². The molecule has 1 saturated heterocycles. The van der Waals surface area contributed by atoms with Crippen molar-refractivity contribution in [2.24, 2.45) is 0 Å². The van der Waals surface area contributed by atoms with Crippen LogP contribution in [0.4, 0.5) is 5.69 Å². The minimum absolute atomic E-state index is 0.0972. The number of anilines is 1. The lowest BCUT2D eigenvalue weighted by molar-refractivity contribution is 0.147. The Hall–Kier alpha value is -2.94. The van der Waals surface area contributed by atoms with Crippen molar-refractivity contribution in [2.75, 3.05) is 37.8 Å². The Morgan fingerprint density at radius 1 is 1.19 bits per heavy atom. The molecule has 2 N–H and O–H groups in total. The van der Waals surface area contributed by atoms with Gasteiger partial charge in [-0.1, -0.05) is 55.0 Å². The number of hydrogen-bond acceptors (Lipinski definition) is 6. The summed E-state index contributed by atoms with van der Waals surface area (Å²) in [5.41, 5.74) is 3.90. The lowest BCUT2D eigenvalue weighted by Gasteiger charge is -2.41. The average Bonchev–Trinajstić information content (AvgIpc) is 2.86. The third-order valence-electron chi connectivity index (χ3n) is 6.54. The SMILES string of the molecule is C=CCN1CCCCC1[C@@H](Nc1cc(C)nc2c(OCCNS(C)(=O)=O)cccc12)c1ccccc1. The summed E-state index contributed by atoms with van der Waals surface area (Å²) < 4.78 is 31.1. The summed E-state index contributed by atoms with van der Waals surface area (Å²) in [6.45, 7) is 8.32. The van der Waals surface area contributed by atoms with Gasteiger partial charge in [-0.2, -0.15) is 0 Å². The third kappa shape index (κ3) is 6.63. The maximum Gasteiger partial charge on any atom is 0.208 e. The lowest BCUT2D eigenvalue weighted by Crippen LogP contribution is -2.45. The second-order valence-electron chi connectivity index (χ2n) is 9.36. The summed E-state index contributed by atoms with van der Waals surface area (Å²) in [7, 11) is -3.26. The van der Waals surface area contributed by atoms with Crippen molar-refractivity contribution in [3.63, 3.8) is 0 Å². The molecule has 7 nitrogen and oxygen atoms in total. The number of nitrogens with one attached hydrogen (secondary N) is 2. The molecule has 1 aliphatic heterocycles. The van der Waals surface area contributed by atoms with Gasteiger partial charge in [0.2, 0.25) is 10.0 Å². The molecule has 2 heterocycles. The Labute approximate surface area is 214 Å². The molecular formula is C28H36N4O3S. The highest BCUT2D eigenvalue weighted by Gasteiger charge is 2.31. The molecule has 0 spiro atoms. The number of hydrogen-bond donors (Lipinski definition) is 2. The van der Waals surface area contributed by atoms with E-state index in [4.69, 9.17) is 9.72 Å². The monoisotopic (exact) mass is 508 g/mol. The Balaban J connectivity index is 1.67. The Bertz CT molecular complexity index is 1280. The number of sulfonamides is 1. The number of pyridine rings is 1. The Morgan fingerprint density at radius 2 is 2.00 bits per heavy atom. The van der Waals surface area contributed by atoms with E-state index in [1.54, 1.807) is 0 Å². The molecule has 192 valence electrons. The Kier molecular flexibility index (Phi) is 8.61. The number of fused-ring (bicyclic) bond motifs is 1. The normalized spacial score (nSPS) is 17.6. The zero-order chi connectivity index (χ0) is 25.5. The lowest BCUT2D eigenvalue weighted by atomic mass is 9.90.